The number of carbonyl (C=O) groups is 2. The average molecular weight is 396 g/mol. The fraction of sp³-hybridized carbons (Fsp3) is 0.100. The lowest BCUT2D eigenvalue weighted by Gasteiger charge is -2.01. The van der Waals surface area contributed by atoms with Gasteiger partial charge in [0.05, 0.1) is 18.3 Å². The van der Waals surface area contributed by atoms with Crippen molar-refractivity contribution in [1.29, 1.82) is 0 Å². The van der Waals surface area contributed by atoms with E-state index >= 15 is 0 Å². The minimum absolute atomic E-state index is 0.0938. The molecular formula is C20H17FN4O2S. The van der Waals surface area contributed by atoms with Gasteiger partial charge in [-0.25, -0.2) is 14.8 Å². The highest BCUT2D eigenvalue weighted by atomic mass is 32.1. The number of aromatic nitrogens is 1. The number of carbonyl (C=O) groups excluding carboxylic acids is 2. The molecule has 3 rings (SSSR count). The first-order valence-corrected chi connectivity index (χ1v) is 9.27. The zero-order chi connectivity index (χ0) is 19.9. The van der Waals surface area contributed by atoms with Crippen molar-refractivity contribution in [2.24, 2.45) is 5.10 Å². The molecule has 3 aromatic rings. The molecule has 6 nitrogen and oxygen atoms in total. The van der Waals surface area contributed by atoms with Crippen molar-refractivity contribution < 1.29 is 14.0 Å². The second-order valence-corrected chi connectivity index (χ2v) is 6.78. The molecule has 2 aromatic carbocycles. The highest BCUT2D eigenvalue weighted by molar-refractivity contribution is 7.13. The number of benzene rings is 2. The number of hydrazone groups is 1. The lowest BCUT2D eigenvalue weighted by Crippen LogP contribution is -2.19. The summed E-state index contributed by atoms with van der Waals surface area (Å²) in [7, 11) is 0. The Hall–Kier alpha value is -3.39. The molecule has 0 atom stereocenters. The third kappa shape index (κ3) is 5.55. The summed E-state index contributed by atoms with van der Waals surface area (Å²) in [5.41, 5.74) is 5.35. The maximum atomic E-state index is 13.0. The zero-order valence-electron chi connectivity index (χ0n) is 15.0. The molecule has 0 spiro atoms. The highest BCUT2D eigenvalue weighted by Gasteiger charge is 2.08. The number of nitrogens with zero attached hydrogens (tertiary/aromatic N) is 2. The summed E-state index contributed by atoms with van der Waals surface area (Å²) in [4.78, 5) is 27.4. The molecule has 0 saturated heterocycles. The summed E-state index contributed by atoms with van der Waals surface area (Å²) in [6.07, 6.45) is 1.61. The van der Waals surface area contributed by atoms with Crippen molar-refractivity contribution in [1.82, 2.24) is 10.4 Å². The average Bonchev–Trinajstić information content (AvgIpc) is 3.11. The summed E-state index contributed by atoms with van der Waals surface area (Å²) >= 11 is 1.39. The van der Waals surface area contributed by atoms with Gasteiger partial charge >= 0.3 is 0 Å². The third-order valence-electron chi connectivity index (χ3n) is 3.62. The van der Waals surface area contributed by atoms with Crippen LogP contribution in [-0.4, -0.2) is 23.0 Å². The van der Waals surface area contributed by atoms with Crippen LogP contribution >= 0.6 is 11.3 Å². The van der Waals surface area contributed by atoms with Crippen LogP contribution in [0.3, 0.4) is 0 Å². The first-order chi connectivity index (χ1) is 13.5. The van der Waals surface area contributed by atoms with E-state index in [9.17, 15) is 14.0 Å². The Morgan fingerprint density at radius 3 is 2.54 bits per heavy atom. The van der Waals surface area contributed by atoms with E-state index in [2.05, 4.69) is 20.8 Å². The van der Waals surface area contributed by atoms with E-state index in [0.29, 0.717) is 11.4 Å². The maximum absolute atomic E-state index is 13.0. The molecule has 8 heteroatoms. The second kappa shape index (κ2) is 9.01. The molecule has 0 aliphatic heterocycles. The van der Waals surface area contributed by atoms with Crippen LogP contribution in [0.25, 0.3) is 10.6 Å². The Kier molecular flexibility index (Phi) is 6.23. The molecule has 28 heavy (non-hydrogen) atoms. The first kappa shape index (κ1) is 19.4. The van der Waals surface area contributed by atoms with Crippen LogP contribution in [0.1, 0.15) is 18.2 Å². The quantitative estimate of drug-likeness (QED) is 0.493. The lowest BCUT2D eigenvalue weighted by molar-refractivity contribution is -0.120. The van der Waals surface area contributed by atoms with E-state index in [1.54, 1.807) is 41.8 Å². The summed E-state index contributed by atoms with van der Waals surface area (Å²) in [5, 5.41) is 9.12. The molecule has 0 fully saturated rings. The Balaban J connectivity index is 1.52. The molecule has 0 aliphatic rings. The van der Waals surface area contributed by atoms with Crippen LogP contribution in [0.2, 0.25) is 0 Å². The summed E-state index contributed by atoms with van der Waals surface area (Å²) in [6.45, 7) is 1.44. The molecule has 0 unspecified atom stereocenters. The van der Waals surface area contributed by atoms with Crippen LogP contribution in [0.4, 0.5) is 10.1 Å². The Morgan fingerprint density at radius 2 is 1.86 bits per heavy atom. The van der Waals surface area contributed by atoms with Crippen molar-refractivity contribution in [2.75, 3.05) is 5.32 Å². The molecule has 1 aromatic heterocycles. The molecule has 0 radical (unpaired) electrons. The van der Waals surface area contributed by atoms with Crippen LogP contribution in [-0.2, 0) is 16.0 Å². The normalized spacial score (nSPS) is 10.8. The fourth-order valence-corrected chi connectivity index (χ4v) is 3.18. The molecule has 2 amide bonds. The van der Waals surface area contributed by atoms with Crippen LogP contribution in [0, 0.1) is 5.82 Å². The molecule has 0 aliphatic carbocycles. The van der Waals surface area contributed by atoms with Gasteiger partial charge in [-0.2, -0.15) is 5.10 Å². The Morgan fingerprint density at radius 1 is 1.14 bits per heavy atom. The van der Waals surface area contributed by atoms with E-state index in [1.165, 1.54) is 36.6 Å². The minimum atomic E-state index is -0.303. The third-order valence-corrected chi connectivity index (χ3v) is 4.56. The van der Waals surface area contributed by atoms with Gasteiger partial charge in [0, 0.05) is 23.6 Å². The smallest absolute Gasteiger partial charge is 0.246 e. The van der Waals surface area contributed by atoms with Crippen molar-refractivity contribution in [3.8, 4) is 10.6 Å². The summed E-state index contributed by atoms with van der Waals surface area (Å²) in [5.74, 6) is -0.733. The van der Waals surface area contributed by atoms with Crippen molar-refractivity contribution in [2.45, 2.75) is 13.3 Å². The molecule has 142 valence electrons. The Bertz CT molecular complexity index is 998. The van der Waals surface area contributed by atoms with E-state index in [1.807, 2.05) is 0 Å². The Labute approximate surface area is 165 Å². The van der Waals surface area contributed by atoms with E-state index < -0.39 is 0 Å². The molecular weight excluding hydrogens is 379 g/mol. The van der Waals surface area contributed by atoms with E-state index in [4.69, 9.17) is 0 Å². The number of hydrogen-bond donors (Lipinski definition) is 2. The largest absolute Gasteiger partial charge is 0.326 e. The number of thiazole rings is 1. The van der Waals surface area contributed by atoms with Gasteiger partial charge in [0.2, 0.25) is 11.8 Å². The SMILES string of the molecule is CC(=O)Nc1ccc(/C=N\NC(=O)Cc2csc(-c3ccc(F)cc3)n2)cc1. The number of nitrogens with one attached hydrogen (secondary N) is 2. The van der Waals surface area contributed by atoms with E-state index in [-0.39, 0.29) is 24.1 Å². The number of anilines is 1. The van der Waals surface area contributed by atoms with Gasteiger partial charge in [-0.05, 0) is 42.0 Å². The fourth-order valence-electron chi connectivity index (χ4n) is 2.35. The van der Waals surface area contributed by atoms with Gasteiger partial charge in [-0.15, -0.1) is 11.3 Å². The number of rotatable bonds is 6. The molecule has 0 bridgehead atoms. The van der Waals surface area contributed by atoms with Gasteiger partial charge < -0.3 is 5.32 Å². The molecule has 0 saturated carbocycles. The number of halogens is 1. The number of hydrogen-bond acceptors (Lipinski definition) is 5. The van der Waals surface area contributed by atoms with Gasteiger partial charge in [0.25, 0.3) is 0 Å². The van der Waals surface area contributed by atoms with Crippen molar-refractivity contribution in [3.05, 3.63) is 71.0 Å². The van der Waals surface area contributed by atoms with Crippen molar-refractivity contribution in [3.63, 3.8) is 0 Å². The van der Waals surface area contributed by atoms with Crippen molar-refractivity contribution >= 4 is 35.1 Å². The van der Waals surface area contributed by atoms with Crippen LogP contribution < -0.4 is 10.7 Å². The summed E-state index contributed by atoms with van der Waals surface area (Å²) < 4.78 is 13.0. The lowest BCUT2D eigenvalue weighted by atomic mass is 10.2. The second-order valence-electron chi connectivity index (χ2n) is 5.92. The predicted octanol–water partition coefficient (Wildman–Crippen LogP) is 3.60. The topological polar surface area (TPSA) is 83.5 Å². The standard InChI is InChI=1S/C20H17FN4O2S/c1-13(26)23-17-8-2-14(3-9-17)11-22-25-19(27)10-18-12-28-20(24-18)15-4-6-16(21)7-5-15/h2-9,11-12H,10H2,1H3,(H,23,26)(H,25,27)/b22-11-. The number of amides is 2. The minimum Gasteiger partial charge on any atom is -0.326 e. The van der Waals surface area contributed by atoms with Gasteiger partial charge in [-0.1, -0.05) is 12.1 Å². The van der Waals surface area contributed by atoms with Gasteiger partial charge in [-0.3, -0.25) is 9.59 Å². The first-order valence-electron chi connectivity index (χ1n) is 8.39. The predicted molar refractivity (Wildman–Crippen MR) is 108 cm³/mol. The van der Waals surface area contributed by atoms with Crippen LogP contribution in [0.15, 0.2) is 59.0 Å². The maximum Gasteiger partial charge on any atom is 0.246 e. The molecule has 2 N–H and O–H groups in total. The summed E-state index contributed by atoms with van der Waals surface area (Å²) in [6, 6.07) is 13.1. The zero-order valence-corrected chi connectivity index (χ0v) is 15.8. The van der Waals surface area contributed by atoms with E-state index in [0.717, 1.165) is 16.1 Å². The monoisotopic (exact) mass is 396 g/mol. The van der Waals surface area contributed by atoms with Crippen LogP contribution in [0.5, 0.6) is 0 Å². The van der Waals surface area contributed by atoms with Gasteiger partial charge in [0.15, 0.2) is 0 Å². The highest BCUT2D eigenvalue weighted by Crippen LogP contribution is 2.24. The van der Waals surface area contributed by atoms with Gasteiger partial charge in [0.1, 0.15) is 10.8 Å². The molecule has 1 heterocycles.